The second-order valence-electron chi connectivity index (χ2n) is 7.11. The van der Waals surface area contributed by atoms with Crippen LogP contribution in [0.2, 0.25) is 0 Å². The Kier molecular flexibility index (Phi) is 5.94. The Morgan fingerprint density at radius 3 is 2.89 bits per heavy atom. The lowest BCUT2D eigenvalue weighted by molar-refractivity contribution is 0.0480. The normalized spacial score (nSPS) is 16.6. The second kappa shape index (κ2) is 8.38. The van der Waals surface area contributed by atoms with Crippen LogP contribution in [0.15, 0.2) is 40.9 Å². The van der Waals surface area contributed by atoms with Gasteiger partial charge < -0.3 is 19.2 Å². The highest BCUT2D eigenvalue weighted by Crippen LogP contribution is 2.18. The average molecular weight is 368 g/mol. The van der Waals surface area contributed by atoms with E-state index in [1.165, 1.54) is 0 Å². The van der Waals surface area contributed by atoms with Crippen LogP contribution in [0.25, 0.3) is 0 Å². The maximum absolute atomic E-state index is 13.0. The van der Waals surface area contributed by atoms with Crippen molar-refractivity contribution in [2.24, 2.45) is 0 Å². The summed E-state index contributed by atoms with van der Waals surface area (Å²) in [4.78, 5) is 19.0. The molecule has 2 aromatic rings. The summed E-state index contributed by atoms with van der Waals surface area (Å²) in [7, 11) is 0. The van der Waals surface area contributed by atoms with Gasteiger partial charge in [0.05, 0.1) is 18.3 Å². The fourth-order valence-corrected chi connectivity index (χ4v) is 2.83. The number of hydrogen-bond donors (Lipinski definition) is 1. The molecule has 0 radical (unpaired) electrons. The molecule has 0 bridgehead atoms. The van der Waals surface area contributed by atoms with Crippen LogP contribution in [0.4, 0.5) is 0 Å². The topological polar surface area (TPSA) is 75.8 Å². The number of pyridine rings is 1. The zero-order valence-corrected chi connectivity index (χ0v) is 15.6. The Balaban J connectivity index is 1.77. The molecule has 1 amide bonds. The number of ether oxygens (including phenoxy) is 1. The third-order valence-corrected chi connectivity index (χ3v) is 4.12. The van der Waals surface area contributed by atoms with Crippen LogP contribution in [-0.2, 0) is 11.3 Å². The molecule has 1 atom stereocenters. The third-order valence-electron chi connectivity index (χ3n) is 4.12. The largest absolute Gasteiger partial charge is 0.443 e. The van der Waals surface area contributed by atoms with Gasteiger partial charge in [-0.05, 0) is 56.9 Å². The van der Waals surface area contributed by atoms with Gasteiger partial charge in [0.1, 0.15) is 5.60 Å². The van der Waals surface area contributed by atoms with E-state index in [0.717, 1.165) is 25.1 Å². The molecule has 1 N–H and O–H groups in total. The van der Waals surface area contributed by atoms with Gasteiger partial charge in [0.2, 0.25) is 0 Å². The monoisotopic (exact) mass is 368 g/mol. The Morgan fingerprint density at radius 1 is 1.37 bits per heavy atom. The number of aromatic nitrogens is 1. The molecule has 1 aliphatic heterocycles. The molecule has 0 saturated carbocycles. The second-order valence-corrected chi connectivity index (χ2v) is 7.11. The maximum Gasteiger partial charge on any atom is 0.290 e. The lowest BCUT2D eigenvalue weighted by Crippen LogP contribution is -2.37. The fraction of sp³-hybridized carbons (Fsp3) is 0.429. The molecule has 0 aliphatic carbocycles. The highest BCUT2D eigenvalue weighted by molar-refractivity contribution is 5.91. The minimum absolute atomic E-state index is 0.0297. The minimum atomic E-state index is -1.12. The quantitative estimate of drug-likeness (QED) is 0.821. The predicted molar refractivity (Wildman–Crippen MR) is 99.8 cm³/mol. The number of carbonyl (C=O) groups excluding carboxylic acids is 1. The van der Waals surface area contributed by atoms with Crippen molar-refractivity contribution >= 4 is 5.91 Å². The van der Waals surface area contributed by atoms with Gasteiger partial charge in [0.25, 0.3) is 5.91 Å². The van der Waals surface area contributed by atoms with Crippen molar-refractivity contribution in [3.05, 3.63) is 53.7 Å². The molecule has 6 heteroatoms. The molecule has 1 fully saturated rings. The van der Waals surface area contributed by atoms with E-state index in [2.05, 4.69) is 16.8 Å². The number of furan rings is 1. The molecule has 1 saturated heterocycles. The van der Waals surface area contributed by atoms with E-state index in [4.69, 9.17) is 9.15 Å². The number of hydrogen-bond acceptors (Lipinski definition) is 5. The van der Waals surface area contributed by atoms with Gasteiger partial charge in [0.15, 0.2) is 11.5 Å². The molecule has 0 unspecified atom stereocenters. The van der Waals surface area contributed by atoms with E-state index in [-0.39, 0.29) is 17.8 Å². The van der Waals surface area contributed by atoms with Crippen molar-refractivity contribution in [2.75, 3.05) is 13.2 Å². The van der Waals surface area contributed by atoms with Crippen molar-refractivity contribution in [2.45, 2.75) is 44.9 Å². The molecule has 142 valence electrons. The van der Waals surface area contributed by atoms with Gasteiger partial charge in [-0.3, -0.25) is 9.78 Å². The van der Waals surface area contributed by atoms with E-state index in [1.807, 2.05) is 18.2 Å². The molecule has 27 heavy (non-hydrogen) atoms. The fourth-order valence-electron chi connectivity index (χ4n) is 2.83. The van der Waals surface area contributed by atoms with Crippen LogP contribution in [-0.4, -0.2) is 45.8 Å². The molecule has 3 rings (SSSR count). The van der Waals surface area contributed by atoms with Crippen LogP contribution < -0.4 is 0 Å². The summed E-state index contributed by atoms with van der Waals surface area (Å²) in [5.74, 6) is 5.75. The van der Waals surface area contributed by atoms with E-state index in [1.54, 1.807) is 37.1 Å². The summed E-state index contributed by atoms with van der Waals surface area (Å²) < 4.78 is 11.3. The number of rotatable bonds is 5. The van der Waals surface area contributed by atoms with Gasteiger partial charge in [-0.25, -0.2) is 0 Å². The Labute approximate surface area is 159 Å². The molecular formula is C21H24N2O4. The average Bonchev–Trinajstić information content (AvgIpc) is 3.31. The predicted octanol–water partition coefficient (Wildman–Crippen LogP) is 2.62. The summed E-state index contributed by atoms with van der Waals surface area (Å²) in [6.45, 7) is 4.77. The van der Waals surface area contributed by atoms with Crippen molar-refractivity contribution < 1.29 is 19.1 Å². The first-order chi connectivity index (χ1) is 12.9. The van der Waals surface area contributed by atoms with Gasteiger partial charge >= 0.3 is 0 Å². The Morgan fingerprint density at radius 2 is 2.22 bits per heavy atom. The number of nitrogens with zero attached hydrogens (tertiary/aromatic N) is 2. The van der Waals surface area contributed by atoms with Crippen LogP contribution in [0, 0.1) is 11.8 Å². The van der Waals surface area contributed by atoms with E-state index < -0.39 is 5.60 Å². The van der Waals surface area contributed by atoms with Crippen molar-refractivity contribution in [3.63, 3.8) is 0 Å². The van der Waals surface area contributed by atoms with Crippen molar-refractivity contribution in [1.82, 2.24) is 9.88 Å². The smallest absolute Gasteiger partial charge is 0.290 e. The highest BCUT2D eigenvalue weighted by atomic mass is 16.5. The number of carbonyl (C=O) groups is 1. The van der Waals surface area contributed by atoms with Gasteiger partial charge in [-0.2, -0.15) is 0 Å². The lowest BCUT2D eigenvalue weighted by atomic mass is 10.1. The molecule has 2 aromatic heterocycles. The van der Waals surface area contributed by atoms with Crippen LogP contribution in [0.1, 0.15) is 48.7 Å². The standard InChI is InChI=1S/C21H24N2O4/c1-21(2,25)11-10-17-8-9-19(27-17)20(24)23(15-18-7-5-13-26-18)14-16-6-3-4-12-22-16/h3-4,6,8-9,12,18,25H,5,7,13-15H2,1-2H3/t18-/m0/s1. The van der Waals surface area contributed by atoms with Crippen LogP contribution >= 0.6 is 0 Å². The van der Waals surface area contributed by atoms with E-state index >= 15 is 0 Å². The molecule has 1 aliphatic rings. The SMILES string of the molecule is CC(C)(O)C#Cc1ccc(C(=O)N(Cc2ccccn2)C[C@@H]2CCCO2)o1. The summed E-state index contributed by atoms with van der Waals surface area (Å²) in [5.41, 5.74) is -0.320. The van der Waals surface area contributed by atoms with E-state index in [9.17, 15) is 9.90 Å². The van der Waals surface area contributed by atoms with Crippen molar-refractivity contribution in [1.29, 1.82) is 0 Å². The molecular weight excluding hydrogens is 344 g/mol. The molecule has 0 spiro atoms. The van der Waals surface area contributed by atoms with E-state index in [0.29, 0.717) is 18.8 Å². The summed E-state index contributed by atoms with van der Waals surface area (Å²) in [5, 5.41) is 9.70. The zero-order chi connectivity index (χ0) is 19.3. The Hall–Kier alpha value is -2.62. The Bertz CT molecular complexity index is 821. The summed E-state index contributed by atoms with van der Waals surface area (Å²) in [6, 6.07) is 8.87. The first kappa shape index (κ1) is 19.2. The van der Waals surface area contributed by atoms with Crippen molar-refractivity contribution in [3.8, 4) is 11.8 Å². The molecule has 0 aromatic carbocycles. The van der Waals surface area contributed by atoms with Crippen LogP contribution in [0.3, 0.4) is 0 Å². The van der Waals surface area contributed by atoms with Crippen LogP contribution in [0.5, 0.6) is 0 Å². The first-order valence-electron chi connectivity index (χ1n) is 9.07. The minimum Gasteiger partial charge on any atom is -0.443 e. The zero-order valence-electron chi connectivity index (χ0n) is 15.6. The summed E-state index contributed by atoms with van der Waals surface area (Å²) >= 11 is 0. The maximum atomic E-state index is 13.0. The third kappa shape index (κ3) is 5.68. The summed E-state index contributed by atoms with van der Waals surface area (Å²) in [6.07, 6.45) is 3.68. The van der Waals surface area contributed by atoms with Gasteiger partial charge in [-0.15, -0.1) is 0 Å². The number of amides is 1. The molecule has 6 nitrogen and oxygen atoms in total. The van der Waals surface area contributed by atoms with Gasteiger partial charge in [0, 0.05) is 19.3 Å². The van der Waals surface area contributed by atoms with Gasteiger partial charge in [-0.1, -0.05) is 12.0 Å². The lowest BCUT2D eigenvalue weighted by Gasteiger charge is -2.24. The number of aliphatic hydroxyl groups is 1. The first-order valence-corrected chi connectivity index (χ1v) is 9.07. The highest BCUT2D eigenvalue weighted by Gasteiger charge is 2.25. The molecule has 3 heterocycles.